The second kappa shape index (κ2) is 8.26. The molecule has 0 N–H and O–H groups in total. The van der Waals surface area contributed by atoms with Crippen molar-refractivity contribution in [3.63, 3.8) is 0 Å². The third kappa shape index (κ3) is 4.18. The van der Waals surface area contributed by atoms with Gasteiger partial charge in [-0.05, 0) is 60.7 Å². The zero-order valence-electron chi connectivity index (χ0n) is 16.1. The second-order valence-electron chi connectivity index (χ2n) is 6.79. The van der Waals surface area contributed by atoms with Crippen molar-refractivity contribution in [3.8, 4) is 17.0 Å². The molecule has 148 valence electrons. The molecule has 0 atom stereocenters. The Hall–Kier alpha value is -3.48. The van der Waals surface area contributed by atoms with Gasteiger partial charge in [0.1, 0.15) is 11.6 Å². The number of hydrogen-bond donors (Lipinski definition) is 0. The number of carbonyl (C=O) groups excluding carboxylic acids is 1. The molecule has 1 aliphatic heterocycles. The quantitative estimate of drug-likeness (QED) is 0.682. The zero-order valence-corrected chi connectivity index (χ0v) is 16.1. The molecule has 1 saturated heterocycles. The highest BCUT2D eigenvalue weighted by Crippen LogP contribution is 2.20. The normalized spacial score (nSPS) is 14.0. The van der Waals surface area contributed by atoms with Crippen LogP contribution in [0.5, 0.6) is 5.75 Å². The number of amides is 1. The molecular formula is C22H21FN4O2. The molecule has 1 fully saturated rings. The Balaban J connectivity index is 1.37. The molecule has 1 aliphatic rings. The minimum atomic E-state index is -0.277. The average Bonchev–Trinajstić information content (AvgIpc) is 2.79. The Kier molecular flexibility index (Phi) is 5.37. The molecule has 1 amide bonds. The fourth-order valence-corrected chi connectivity index (χ4v) is 3.32. The van der Waals surface area contributed by atoms with E-state index < -0.39 is 0 Å². The maximum atomic E-state index is 13.1. The molecule has 0 radical (unpaired) electrons. The van der Waals surface area contributed by atoms with Gasteiger partial charge >= 0.3 is 0 Å². The van der Waals surface area contributed by atoms with Gasteiger partial charge < -0.3 is 14.5 Å². The van der Waals surface area contributed by atoms with Crippen molar-refractivity contribution in [2.45, 2.75) is 0 Å². The van der Waals surface area contributed by atoms with E-state index >= 15 is 0 Å². The van der Waals surface area contributed by atoms with E-state index in [1.165, 1.54) is 12.1 Å². The first-order valence-corrected chi connectivity index (χ1v) is 9.42. The third-order valence-electron chi connectivity index (χ3n) is 5.02. The van der Waals surface area contributed by atoms with Crippen molar-refractivity contribution in [2.75, 3.05) is 38.2 Å². The smallest absolute Gasteiger partial charge is 0.253 e. The molecule has 7 heteroatoms. The van der Waals surface area contributed by atoms with E-state index in [-0.39, 0.29) is 11.7 Å². The maximum Gasteiger partial charge on any atom is 0.253 e. The number of benzene rings is 2. The summed E-state index contributed by atoms with van der Waals surface area (Å²) < 4.78 is 18.2. The van der Waals surface area contributed by atoms with Gasteiger partial charge in [-0.1, -0.05) is 0 Å². The summed E-state index contributed by atoms with van der Waals surface area (Å²) in [6.45, 7) is 2.61. The molecule has 0 aliphatic carbocycles. The average molecular weight is 392 g/mol. The lowest BCUT2D eigenvalue weighted by molar-refractivity contribution is 0.0746. The molecule has 3 aromatic rings. The van der Waals surface area contributed by atoms with Crippen LogP contribution in [0.1, 0.15) is 10.4 Å². The summed E-state index contributed by atoms with van der Waals surface area (Å²) in [5, 5.41) is 8.58. The van der Waals surface area contributed by atoms with Gasteiger partial charge in [-0.2, -0.15) is 0 Å². The molecule has 0 unspecified atom stereocenters. The molecule has 6 nitrogen and oxygen atoms in total. The summed E-state index contributed by atoms with van der Waals surface area (Å²) in [6, 6.07) is 17.1. The minimum absolute atomic E-state index is 0.0186. The van der Waals surface area contributed by atoms with Crippen LogP contribution in [-0.2, 0) is 0 Å². The lowest BCUT2D eigenvalue weighted by Gasteiger charge is -2.35. The third-order valence-corrected chi connectivity index (χ3v) is 5.02. The Bertz CT molecular complexity index is 967. The van der Waals surface area contributed by atoms with Crippen LogP contribution < -0.4 is 9.64 Å². The lowest BCUT2D eigenvalue weighted by atomic mass is 10.1. The summed E-state index contributed by atoms with van der Waals surface area (Å²) in [7, 11) is 1.60. The second-order valence-corrected chi connectivity index (χ2v) is 6.79. The molecule has 0 bridgehead atoms. The van der Waals surface area contributed by atoms with Crippen LogP contribution in [0.25, 0.3) is 11.3 Å². The van der Waals surface area contributed by atoms with Gasteiger partial charge in [0.05, 0.1) is 12.8 Å². The van der Waals surface area contributed by atoms with Crippen molar-refractivity contribution in [1.29, 1.82) is 0 Å². The van der Waals surface area contributed by atoms with Crippen LogP contribution in [0, 0.1) is 5.82 Å². The molecule has 0 saturated carbocycles. The van der Waals surface area contributed by atoms with E-state index in [9.17, 15) is 9.18 Å². The number of methoxy groups -OCH3 is 1. The van der Waals surface area contributed by atoms with Crippen molar-refractivity contribution >= 4 is 11.7 Å². The molecule has 2 heterocycles. The number of hydrogen-bond acceptors (Lipinski definition) is 5. The Morgan fingerprint density at radius 2 is 1.59 bits per heavy atom. The standard InChI is InChI=1S/C22H21FN4O2/c1-29-19-8-4-17(5-9-19)22(28)27-14-12-26(13-15-27)21-11-10-20(24-25-21)16-2-6-18(23)7-3-16/h2-11H,12-15H2,1H3. The molecule has 0 spiro atoms. The SMILES string of the molecule is COc1ccc(C(=O)N2CCN(c3ccc(-c4ccc(F)cc4)nn3)CC2)cc1. The Morgan fingerprint density at radius 3 is 2.17 bits per heavy atom. The van der Waals surface area contributed by atoms with Crippen LogP contribution in [-0.4, -0.2) is 54.3 Å². The van der Waals surface area contributed by atoms with E-state index in [4.69, 9.17) is 4.74 Å². The Labute approximate surface area is 168 Å². The van der Waals surface area contributed by atoms with Crippen molar-refractivity contribution < 1.29 is 13.9 Å². The maximum absolute atomic E-state index is 13.1. The first kappa shape index (κ1) is 18.9. The van der Waals surface area contributed by atoms with Gasteiger partial charge in [0.15, 0.2) is 5.82 Å². The monoisotopic (exact) mass is 392 g/mol. The molecule has 29 heavy (non-hydrogen) atoms. The molecule has 4 rings (SSSR count). The van der Waals surface area contributed by atoms with Crippen LogP contribution >= 0.6 is 0 Å². The van der Waals surface area contributed by atoms with E-state index in [1.807, 2.05) is 17.0 Å². The minimum Gasteiger partial charge on any atom is -0.497 e. The van der Waals surface area contributed by atoms with Crippen LogP contribution in [0.2, 0.25) is 0 Å². The number of piperazine rings is 1. The Morgan fingerprint density at radius 1 is 0.897 bits per heavy atom. The topological polar surface area (TPSA) is 58.6 Å². The van der Waals surface area contributed by atoms with Crippen molar-refractivity contribution in [3.05, 3.63) is 72.0 Å². The number of ether oxygens (including phenoxy) is 1. The first-order chi connectivity index (χ1) is 14.1. The van der Waals surface area contributed by atoms with Gasteiger partial charge in [0.2, 0.25) is 0 Å². The first-order valence-electron chi connectivity index (χ1n) is 9.42. The number of aromatic nitrogens is 2. The number of carbonyl (C=O) groups is 1. The predicted molar refractivity (Wildman–Crippen MR) is 109 cm³/mol. The fourth-order valence-electron chi connectivity index (χ4n) is 3.32. The van der Waals surface area contributed by atoms with Gasteiger partial charge in [0, 0.05) is 37.3 Å². The van der Waals surface area contributed by atoms with Gasteiger partial charge in [0.25, 0.3) is 5.91 Å². The van der Waals surface area contributed by atoms with E-state index in [0.29, 0.717) is 37.4 Å². The van der Waals surface area contributed by atoms with Crippen LogP contribution in [0.3, 0.4) is 0 Å². The fraction of sp³-hybridized carbons (Fsp3) is 0.227. The van der Waals surface area contributed by atoms with Gasteiger partial charge in [-0.3, -0.25) is 4.79 Å². The van der Waals surface area contributed by atoms with Gasteiger partial charge in [-0.25, -0.2) is 4.39 Å². The van der Waals surface area contributed by atoms with Gasteiger partial charge in [-0.15, -0.1) is 10.2 Å². The zero-order chi connectivity index (χ0) is 20.2. The number of rotatable bonds is 4. The largest absolute Gasteiger partial charge is 0.497 e. The highest BCUT2D eigenvalue weighted by atomic mass is 19.1. The predicted octanol–water partition coefficient (Wildman–Crippen LogP) is 3.25. The number of anilines is 1. The summed E-state index contributed by atoms with van der Waals surface area (Å²) in [5.74, 6) is 1.24. The van der Waals surface area contributed by atoms with E-state index in [0.717, 1.165) is 17.1 Å². The van der Waals surface area contributed by atoms with Crippen LogP contribution in [0.15, 0.2) is 60.7 Å². The molecule has 1 aromatic heterocycles. The van der Waals surface area contributed by atoms with Crippen molar-refractivity contribution in [1.82, 2.24) is 15.1 Å². The summed E-state index contributed by atoms with van der Waals surface area (Å²) >= 11 is 0. The van der Waals surface area contributed by atoms with E-state index in [2.05, 4.69) is 15.1 Å². The summed E-state index contributed by atoms with van der Waals surface area (Å²) in [4.78, 5) is 16.6. The highest BCUT2D eigenvalue weighted by Gasteiger charge is 2.23. The number of halogens is 1. The van der Waals surface area contributed by atoms with E-state index in [1.54, 1.807) is 43.5 Å². The highest BCUT2D eigenvalue weighted by molar-refractivity contribution is 5.94. The van der Waals surface area contributed by atoms with Crippen molar-refractivity contribution in [2.24, 2.45) is 0 Å². The lowest BCUT2D eigenvalue weighted by Crippen LogP contribution is -2.49. The summed E-state index contributed by atoms with van der Waals surface area (Å²) in [5.41, 5.74) is 2.17. The number of nitrogens with zero attached hydrogens (tertiary/aromatic N) is 4. The molecular weight excluding hydrogens is 371 g/mol. The van der Waals surface area contributed by atoms with Crippen LogP contribution in [0.4, 0.5) is 10.2 Å². The molecule has 2 aromatic carbocycles. The summed E-state index contributed by atoms with van der Waals surface area (Å²) in [6.07, 6.45) is 0.